The number of benzene rings is 1. The number of nitrogens with zero attached hydrogens (tertiary/aromatic N) is 1. The third kappa shape index (κ3) is 2.50. The van der Waals surface area contributed by atoms with E-state index in [1.165, 1.54) is 37.8 Å². The Labute approximate surface area is 114 Å². The lowest BCUT2D eigenvalue weighted by atomic mass is 9.95. The van der Waals surface area contributed by atoms with E-state index < -0.39 is 0 Å². The molecule has 1 aromatic carbocycles. The molecular weight excluding hydrogens is 236 g/mol. The number of nitrogens with one attached hydrogen (secondary N) is 1. The summed E-state index contributed by atoms with van der Waals surface area (Å²) in [4.78, 5) is 4.44. The molecule has 1 saturated carbocycles. The summed E-state index contributed by atoms with van der Waals surface area (Å²) >= 11 is 0. The number of hydrogen-bond donors (Lipinski definition) is 1. The normalized spacial score (nSPS) is 16.5. The van der Waals surface area contributed by atoms with Crippen LogP contribution in [-0.4, -0.2) is 18.1 Å². The Kier molecular flexibility index (Phi) is 3.53. The van der Waals surface area contributed by atoms with Crippen molar-refractivity contribution in [3.63, 3.8) is 0 Å². The van der Waals surface area contributed by atoms with Gasteiger partial charge in [0.25, 0.3) is 0 Å². The van der Waals surface area contributed by atoms with Crippen molar-refractivity contribution in [1.29, 1.82) is 0 Å². The third-order valence-corrected chi connectivity index (χ3v) is 3.92. The molecule has 1 fully saturated rings. The average Bonchev–Trinajstić information content (AvgIpc) is 2.48. The molecule has 1 aliphatic rings. The maximum absolute atomic E-state index is 5.38. The lowest BCUT2D eigenvalue weighted by Gasteiger charge is -2.24. The Balaban J connectivity index is 1.94. The highest BCUT2D eigenvalue weighted by molar-refractivity contribution is 5.94. The second kappa shape index (κ2) is 5.47. The molecule has 1 aliphatic carbocycles. The minimum atomic E-state index is 0.602. The van der Waals surface area contributed by atoms with Gasteiger partial charge in [0.1, 0.15) is 11.3 Å². The number of pyridine rings is 1. The molecule has 3 nitrogen and oxygen atoms in total. The van der Waals surface area contributed by atoms with Crippen molar-refractivity contribution in [2.75, 3.05) is 12.4 Å². The van der Waals surface area contributed by atoms with Crippen molar-refractivity contribution in [3.8, 4) is 5.75 Å². The number of ether oxygens (including phenoxy) is 1. The molecule has 100 valence electrons. The van der Waals surface area contributed by atoms with Crippen LogP contribution in [0.15, 0.2) is 30.5 Å². The first kappa shape index (κ1) is 12.3. The fraction of sp³-hybridized carbons (Fsp3) is 0.438. The molecule has 0 bridgehead atoms. The molecule has 3 rings (SSSR count). The lowest BCUT2D eigenvalue weighted by molar-refractivity contribution is 0.419. The van der Waals surface area contributed by atoms with Gasteiger partial charge in [0.05, 0.1) is 7.11 Å². The van der Waals surface area contributed by atoms with Crippen LogP contribution < -0.4 is 10.1 Å². The van der Waals surface area contributed by atoms with E-state index in [1.54, 1.807) is 7.11 Å². The Bertz CT molecular complexity index is 562. The third-order valence-electron chi connectivity index (χ3n) is 3.92. The Morgan fingerprint density at radius 3 is 2.79 bits per heavy atom. The van der Waals surface area contributed by atoms with E-state index in [0.29, 0.717) is 6.04 Å². The van der Waals surface area contributed by atoms with Gasteiger partial charge in [-0.25, -0.2) is 0 Å². The molecule has 0 spiro atoms. The van der Waals surface area contributed by atoms with Gasteiger partial charge in [-0.15, -0.1) is 0 Å². The first-order valence-electron chi connectivity index (χ1n) is 7.07. The first-order chi connectivity index (χ1) is 9.38. The van der Waals surface area contributed by atoms with Crippen LogP contribution in [-0.2, 0) is 0 Å². The Morgan fingerprint density at radius 2 is 2.00 bits per heavy atom. The first-order valence-corrected chi connectivity index (χ1v) is 7.07. The van der Waals surface area contributed by atoms with Crippen LogP contribution in [0.4, 0.5) is 5.69 Å². The minimum absolute atomic E-state index is 0.602. The highest BCUT2D eigenvalue weighted by Gasteiger charge is 2.14. The summed E-state index contributed by atoms with van der Waals surface area (Å²) in [6, 6.07) is 8.76. The van der Waals surface area contributed by atoms with Gasteiger partial charge < -0.3 is 10.1 Å². The summed E-state index contributed by atoms with van der Waals surface area (Å²) in [6.45, 7) is 0. The number of methoxy groups -OCH3 is 1. The fourth-order valence-electron chi connectivity index (χ4n) is 2.91. The molecule has 1 aromatic heterocycles. The highest BCUT2D eigenvalue weighted by Crippen LogP contribution is 2.30. The maximum Gasteiger partial charge on any atom is 0.145 e. The quantitative estimate of drug-likeness (QED) is 0.901. The fourth-order valence-corrected chi connectivity index (χ4v) is 2.91. The standard InChI is InChI=1S/C16H20N2O/c1-19-15-9-5-8-13-14(10-11-17-16(13)15)18-12-6-3-2-4-7-12/h5,8-12H,2-4,6-7H2,1H3,(H,17,18). The van der Waals surface area contributed by atoms with Gasteiger partial charge in [-0.3, -0.25) is 4.98 Å². The molecule has 0 unspecified atom stereocenters. The van der Waals surface area contributed by atoms with Crippen LogP contribution in [0.3, 0.4) is 0 Å². The minimum Gasteiger partial charge on any atom is -0.494 e. The number of anilines is 1. The molecule has 0 atom stereocenters. The zero-order valence-electron chi connectivity index (χ0n) is 11.4. The van der Waals surface area contributed by atoms with E-state index in [-0.39, 0.29) is 0 Å². The predicted molar refractivity (Wildman–Crippen MR) is 78.8 cm³/mol. The van der Waals surface area contributed by atoms with Crippen LogP contribution in [0.25, 0.3) is 10.9 Å². The second-order valence-corrected chi connectivity index (χ2v) is 5.19. The van der Waals surface area contributed by atoms with E-state index >= 15 is 0 Å². The molecule has 1 heterocycles. The summed E-state index contributed by atoms with van der Waals surface area (Å²) in [5, 5.41) is 4.83. The van der Waals surface area contributed by atoms with E-state index in [4.69, 9.17) is 4.74 Å². The van der Waals surface area contributed by atoms with E-state index in [0.717, 1.165) is 16.7 Å². The maximum atomic E-state index is 5.38. The van der Waals surface area contributed by atoms with Crippen LogP contribution in [0.2, 0.25) is 0 Å². The van der Waals surface area contributed by atoms with Gasteiger partial charge in [0.15, 0.2) is 0 Å². The van der Waals surface area contributed by atoms with Crippen molar-refractivity contribution < 1.29 is 4.74 Å². The molecule has 1 N–H and O–H groups in total. The van der Waals surface area contributed by atoms with Gasteiger partial charge in [-0.05, 0) is 25.0 Å². The van der Waals surface area contributed by atoms with Crippen molar-refractivity contribution >= 4 is 16.6 Å². The van der Waals surface area contributed by atoms with Crippen LogP contribution >= 0.6 is 0 Å². The van der Waals surface area contributed by atoms with E-state index in [1.807, 2.05) is 18.3 Å². The number of rotatable bonds is 3. The summed E-state index contributed by atoms with van der Waals surface area (Å²) in [5.41, 5.74) is 2.11. The summed E-state index contributed by atoms with van der Waals surface area (Å²) < 4.78 is 5.38. The van der Waals surface area contributed by atoms with Gasteiger partial charge >= 0.3 is 0 Å². The van der Waals surface area contributed by atoms with Crippen molar-refractivity contribution in [2.45, 2.75) is 38.1 Å². The molecule has 0 saturated heterocycles. The monoisotopic (exact) mass is 256 g/mol. The summed E-state index contributed by atoms with van der Waals surface area (Å²) in [6.07, 6.45) is 8.45. The van der Waals surface area contributed by atoms with Gasteiger partial charge in [-0.1, -0.05) is 31.4 Å². The number of hydrogen-bond acceptors (Lipinski definition) is 3. The van der Waals surface area contributed by atoms with Crippen molar-refractivity contribution in [2.24, 2.45) is 0 Å². The second-order valence-electron chi connectivity index (χ2n) is 5.19. The summed E-state index contributed by atoms with van der Waals surface area (Å²) in [7, 11) is 1.69. The van der Waals surface area contributed by atoms with Gasteiger partial charge in [-0.2, -0.15) is 0 Å². The largest absolute Gasteiger partial charge is 0.494 e. The molecular formula is C16H20N2O. The van der Waals surface area contributed by atoms with Gasteiger partial charge in [0, 0.05) is 23.3 Å². The number of para-hydroxylation sites is 1. The molecule has 0 radical (unpaired) electrons. The highest BCUT2D eigenvalue weighted by atomic mass is 16.5. The van der Waals surface area contributed by atoms with Crippen LogP contribution in [0.1, 0.15) is 32.1 Å². The SMILES string of the molecule is COc1cccc2c(NC3CCCCC3)ccnc12. The smallest absolute Gasteiger partial charge is 0.145 e. The van der Waals surface area contributed by atoms with Crippen molar-refractivity contribution in [1.82, 2.24) is 4.98 Å². The van der Waals surface area contributed by atoms with Crippen LogP contribution in [0.5, 0.6) is 5.75 Å². The topological polar surface area (TPSA) is 34.1 Å². The van der Waals surface area contributed by atoms with Crippen LogP contribution in [0, 0.1) is 0 Å². The lowest BCUT2D eigenvalue weighted by Crippen LogP contribution is -2.22. The molecule has 3 heteroatoms. The Morgan fingerprint density at radius 1 is 1.16 bits per heavy atom. The zero-order chi connectivity index (χ0) is 13.1. The molecule has 19 heavy (non-hydrogen) atoms. The number of aromatic nitrogens is 1. The number of fused-ring (bicyclic) bond motifs is 1. The molecule has 0 aliphatic heterocycles. The van der Waals surface area contributed by atoms with E-state index in [2.05, 4.69) is 22.4 Å². The summed E-state index contributed by atoms with van der Waals surface area (Å²) in [5.74, 6) is 0.838. The zero-order valence-corrected chi connectivity index (χ0v) is 11.4. The Hall–Kier alpha value is -1.77. The van der Waals surface area contributed by atoms with E-state index in [9.17, 15) is 0 Å². The predicted octanol–water partition coefficient (Wildman–Crippen LogP) is 3.99. The van der Waals surface area contributed by atoms with Gasteiger partial charge in [0.2, 0.25) is 0 Å². The average molecular weight is 256 g/mol. The molecule has 0 amide bonds. The van der Waals surface area contributed by atoms with Crippen molar-refractivity contribution in [3.05, 3.63) is 30.5 Å². The molecule has 2 aromatic rings.